The van der Waals surface area contributed by atoms with Crippen molar-refractivity contribution in [1.82, 2.24) is 0 Å². The molecule has 3 rings (SSSR count). The minimum absolute atomic E-state index is 0.00924. The molecule has 4 heteroatoms. The van der Waals surface area contributed by atoms with Crippen LogP contribution in [0.5, 0.6) is 0 Å². The Labute approximate surface area is 172 Å². The molecule has 0 radical (unpaired) electrons. The molecule has 29 heavy (non-hydrogen) atoms. The van der Waals surface area contributed by atoms with Gasteiger partial charge in [-0.25, -0.2) is 0 Å². The first-order chi connectivity index (χ1) is 14.0. The van der Waals surface area contributed by atoms with Crippen molar-refractivity contribution < 1.29 is 9.59 Å². The average molecular weight is 386 g/mol. The van der Waals surface area contributed by atoms with Crippen molar-refractivity contribution in [2.45, 2.75) is 32.1 Å². The number of hydrogen-bond donors (Lipinski definition) is 2. The fraction of sp³-hybridized carbons (Fsp3) is 0.200. The topological polar surface area (TPSA) is 58.2 Å². The van der Waals surface area contributed by atoms with Crippen molar-refractivity contribution in [3.05, 3.63) is 96.1 Å². The van der Waals surface area contributed by atoms with Crippen molar-refractivity contribution in [2.75, 3.05) is 10.6 Å². The summed E-state index contributed by atoms with van der Waals surface area (Å²) in [6, 6.07) is 26.7. The molecule has 0 bridgehead atoms. The summed E-state index contributed by atoms with van der Waals surface area (Å²) in [4.78, 5) is 25.1. The Morgan fingerprint density at radius 3 is 1.62 bits per heavy atom. The molecule has 0 heterocycles. The highest BCUT2D eigenvalue weighted by Gasteiger charge is 2.37. The van der Waals surface area contributed by atoms with Gasteiger partial charge in [0.25, 0.3) is 0 Å². The van der Waals surface area contributed by atoms with Gasteiger partial charge in [-0.3, -0.25) is 9.59 Å². The van der Waals surface area contributed by atoms with E-state index >= 15 is 0 Å². The van der Waals surface area contributed by atoms with E-state index in [-0.39, 0.29) is 11.8 Å². The molecule has 0 aliphatic rings. The van der Waals surface area contributed by atoms with Crippen molar-refractivity contribution in [3.63, 3.8) is 0 Å². The van der Waals surface area contributed by atoms with Gasteiger partial charge in [-0.1, -0.05) is 67.6 Å². The second kappa shape index (κ2) is 9.20. The summed E-state index contributed by atoms with van der Waals surface area (Å²) in [7, 11) is 0. The maximum atomic E-state index is 13.4. The molecule has 0 fully saturated rings. The predicted molar refractivity (Wildman–Crippen MR) is 118 cm³/mol. The molecule has 0 unspecified atom stereocenters. The minimum atomic E-state index is -0.837. The van der Waals surface area contributed by atoms with Crippen LogP contribution in [-0.4, -0.2) is 11.8 Å². The summed E-state index contributed by atoms with van der Waals surface area (Å²) >= 11 is 0. The molecule has 2 N–H and O–H groups in total. The molecule has 0 saturated heterocycles. The van der Waals surface area contributed by atoms with E-state index in [1.165, 1.54) is 0 Å². The second-order valence-electron chi connectivity index (χ2n) is 7.19. The molecule has 2 amide bonds. The Bertz CT molecular complexity index is 912. The van der Waals surface area contributed by atoms with E-state index in [1.807, 2.05) is 74.5 Å². The summed E-state index contributed by atoms with van der Waals surface area (Å²) in [6.07, 6.45) is 1.29. The van der Waals surface area contributed by atoms with Gasteiger partial charge in [0, 0.05) is 17.8 Å². The third kappa shape index (κ3) is 4.72. The van der Waals surface area contributed by atoms with E-state index in [0.717, 1.165) is 23.2 Å². The van der Waals surface area contributed by atoms with Crippen LogP contribution in [0.2, 0.25) is 0 Å². The minimum Gasteiger partial charge on any atom is -0.326 e. The fourth-order valence-corrected chi connectivity index (χ4v) is 3.32. The lowest BCUT2D eigenvalue weighted by molar-refractivity contribution is -0.119. The number of hydrogen-bond acceptors (Lipinski definition) is 2. The van der Waals surface area contributed by atoms with Crippen LogP contribution in [0.15, 0.2) is 84.9 Å². The maximum absolute atomic E-state index is 13.4. The molecular formula is C25H26N2O2. The van der Waals surface area contributed by atoms with Crippen LogP contribution in [0.3, 0.4) is 0 Å². The lowest BCUT2D eigenvalue weighted by Crippen LogP contribution is -2.38. The number of amides is 2. The molecular weight excluding hydrogens is 360 g/mol. The van der Waals surface area contributed by atoms with E-state index in [1.54, 1.807) is 24.3 Å². The summed E-state index contributed by atoms with van der Waals surface area (Å²) in [5.74, 6) is -0.123. The molecule has 4 nitrogen and oxygen atoms in total. The predicted octanol–water partition coefficient (Wildman–Crippen LogP) is 5.37. The Balaban J connectivity index is 1.83. The van der Waals surface area contributed by atoms with Crippen LogP contribution in [-0.2, 0) is 15.0 Å². The number of nitrogens with one attached hydrogen (secondary N) is 2. The molecule has 0 atom stereocenters. The first-order valence-electron chi connectivity index (χ1n) is 9.86. The van der Waals surface area contributed by atoms with Crippen molar-refractivity contribution in [3.8, 4) is 0 Å². The Kier molecular flexibility index (Phi) is 6.45. The van der Waals surface area contributed by atoms with Gasteiger partial charge in [-0.15, -0.1) is 0 Å². The third-order valence-electron chi connectivity index (χ3n) is 5.06. The monoisotopic (exact) mass is 386 g/mol. The summed E-state index contributed by atoms with van der Waals surface area (Å²) in [6.45, 7) is 3.90. The lowest BCUT2D eigenvalue weighted by Gasteiger charge is -2.29. The number of benzene rings is 3. The number of rotatable bonds is 7. The molecule has 148 valence electrons. The van der Waals surface area contributed by atoms with Crippen molar-refractivity contribution in [2.24, 2.45) is 0 Å². The zero-order valence-corrected chi connectivity index (χ0v) is 16.8. The molecule has 0 aliphatic carbocycles. The van der Waals surface area contributed by atoms with Crippen LogP contribution in [0, 0.1) is 0 Å². The first-order valence-corrected chi connectivity index (χ1v) is 9.86. The van der Waals surface area contributed by atoms with Gasteiger partial charge in [0.15, 0.2) is 0 Å². The van der Waals surface area contributed by atoms with E-state index in [0.29, 0.717) is 12.1 Å². The van der Waals surface area contributed by atoms with Crippen LogP contribution < -0.4 is 10.6 Å². The van der Waals surface area contributed by atoms with Gasteiger partial charge < -0.3 is 10.6 Å². The summed E-state index contributed by atoms with van der Waals surface area (Å²) < 4.78 is 0. The second-order valence-corrected chi connectivity index (χ2v) is 7.19. The molecule has 3 aromatic rings. The molecule has 0 aliphatic heterocycles. The van der Waals surface area contributed by atoms with E-state index < -0.39 is 5.41 Å². The van der Waals surface area contributed by atoms with Crippen LogP contribution >= 0.6 is 0 Å². The zero-order chi connectivity index (χ0) is 20.7. The Morgan fingerprint density at radius 2 is 1.17 bits per heavy atom. The fourth-order valence-electron chi connectivity index (χ4n) is 3.32. The smallest absolute Gasteiger partial charge is 0.239 e. The van der Waals surface area contributed by atoms with Gasteiger partial charge in [-0.05, 0) is 48.7 Å². The van der Waals surface area contributed by atoms with Gasteiger partial charge in [0.2, 0.25) is 11.8 Å². The van der Waals surface area contributed by atoms with Crippen LogP contribution in [0.4, 0.5) is 11.4 Å². The summed E-state index contributed by atoms with van der Waals surface area (Å²) in [5.41, 5.74) is 2.41. The highest BCUT2D eigenvalue weighted by molar-refractivity contribution is 6.01. The average Bonchev–Trinajstić information content (AvgIpc) is 2.76. The highest BCUT2D eigenvalue weighted by Crippen LogP contribution is 2.33. The largest absolute Gasteiger partial charge is 0.326 e. The normalized spacial score (nSPS) is 11.0. The first kappa shape index (κ1) is 20.3. The standard InChI is InChI=1S/C25H26N2O2/c1-3-10-23(28)26-21-15-17-22(18-16-21)27-24(29)25(2,19-11-6-4-7-12-19)20-13-8-5-9-14-20/h4-9,11-18H,3,10H2,1-2H3,(H,26,28)(H,27,29). The molecule has 0 spiro atoms. The van der Waals surface area contributed by atoms with Crippen LogP contribution in [0.1, 0.15) is 37.8 Å². The lowest BCUT2D eigenvalue weighted by atomic mass is 9.75. The van der Waals surface area contributed by atoms with Gasteiger partial charge >= 0.3 is 0 Å². The number of carbonyl (C=O) groups excluding carboxylic acids is 2. The SMILES string of the molecule is CCCC(=O)Nc1ccc(NC(=O)C(C)(c2ccccc2)c2ccccc2)cc1. The Hall–Kier alpha value is -3.40. The van der Waals surface area contributed by atoms with E-state index in [2.05, 4.69) is 10.6 Å². The van der Waals surface area contributed by atoms with Crippen LogP contribution in [0.25, 0.3) is 0 Å². The number of carbonyl (C=O) groups is 2. The zero-order valence-electron chi connectivity index (χ0n) is 16.8. The maximum Gasteiger partial charge on any atom is 0.239 e. The molecule has 0 aromatic heterocycles. The van der Waals surface area contributed by atoms with E-state index in [9.17, 15) is 9.59 Å². The van der Waals surface area contributed by atoms with Gasteiger partial charge in [0.1, 0.15) is 0 Å². The van der Waals surface area contributed by atoms with Crippen molar-refractivity contribution >= 4 is 23.2 Å². The summed E-state index contributed by atoms with van der Waals surface area (Å²) in [5, 5.41) is 5.89. The Morgan fingerprint density at radius 1 is 0.724 bits per heavy atom. The quantitative estimate of drug-likeness (QED) is 0.573. The molecule has 0 saturated carbocycles. The third-order valence-corrected chi connectivity index (χ3v) is 5.06. The van der Waals surface area contributed by atoms with Gasteiger partial charge in [0.05, 0.1) is 5.41 Å². The van der Waals surface area contributed by atoms with Gasteiger partial charge in [-0.2, -0.15) is 0 Å². The highest BCUT2D eigenvalue weighted by atomic mass is 16.2. The molecule has 3 aromatic carbocycles. The van der Waals surface area contributed by atoms with Crippen molar-refractivity contribution in [1.29, 1.82) is 0 Å². The number of anilines is 2. The van der Waals surface area contributed by atoms with E-state index in [4.69, 9.17) is 0 Å².